The molecule has 4 aliphatic carbocycles. The topological polar surface area (TPSA) is 165 Å². The van der Waals surface area contributed by atoms with Gasteiger partial charge in [0.05, 0.1) is 36.6 Å². The zero-order valence-electron chi connectivity index (χ0n) is 22.7. The first kappa shape index (κ1) is 29.6. The third kappa shape index (κ3) is 5.03. The van der Waals surface area contributed by atoms with E-state index in [1.165, 1.54) is 0 Å². The minimum absolute atomic E-state index is 0.0309. The van der Waals surface area contributed by atoms with Gasteiger partial charge in [-0.1, -0.05) is 40.5 Å². The van der Waals surface area contributed by atoms with Gasteiger partial charge in [-0.3, -0.25) is 4.55 Å². The van der Waals surface area contributed by atoms with Crippen LogP contribution in [0.2, 0.25) is 0 Å². The summed E-state index contributed by atoms with van der Waals surface area (Å²) in [7, 11) is -4.46. The van der Waals surface area contributed by atoms with Crippen LogP contribution in [0, 0.1) is 46.3 Å². The van der Waals surface area contributed by atoms with Crippen LogP contribution in [0.5, 0.6) is 0 Å². The fourth-order valence-corrected chi connectivity index (χ4v) is 10.0. The summed E-state index contributed by atoms with van der Waals surface area (Å²) < 4.78 is 34.9. The van der Waals surface area contributed by atoms with Crippen LogP contribution in [0.15, 0.2) is 0 Å². The third-order valence-corrected chi connectivity index (χ3v) is 11.8. The van der Waals surface area contributed by atoms with E-state index in [0.29, 0.717) is 32.1 Å². The second-order valence-corrected chi connectivity index (χ2v) is 14.7. The number of rotatable bonds is 8. The average Bonchev–Trinajstić information content (AvgIpc) is 2.99. The van der Waals surface area contributed by atoms with Crippen molar-refractivity contribution in [3.63, 3.8) is 0 Å². The first-order valence-electron chi connectivity index (χ1n) is 14.1. The number of fused-ring (bicyclic) bond motifs is 5. The van der Waals surface area contributed by atoms with Crippen molar-refractivity contribution in [2.24, 2.45) is 46.3 Å². The lowest BCUT2D eigenvalue weighted by molar-refractivity contribution is -0.281. The second-order valence-electron chi connectivity index (χ2n) is 13.6. The Bertz CT molecular complexity index is 929. The minimum Gasteiger partial charge on any atom is -0.393 e. The summed E-state index contributed by atoms with van der Waals surface area (Å²) in [6.45, 7) is 8.04. The van der Waals surface area contributed by atoms with E-state index in [-0.39, 0.29) is 47.7 Å². The number of aliphatic hydroxyl groups is 5. The van der Waals surface area contributed by atoms with Gasteiger partial charge in [-0.15, -0.1) is 0 Å². The highest BCUT2D eigenvalue weighted by molar-refractivity contribution is 7.80. The molecule has 4 rings (SSSR count). The van der Waals surface area contributed by atoms with E-state index in [1.807, 2.05) is 6.92 Å². The molecular weight excluding hydrogens is 500 g/mol. The van der Waals surface area contributed by atoms with Crippen LogP contribution in [0.25, 0.3) is 0 Å². The molecule has 13 atom stereocenters. The normalized spacial score (nSPS) is 49.6. The molecule has 0 aromatic carbocycles. The lowest BCUT2D eigenvalue weighted by Crippen LogP contribution is -2.71. The van der Waals surface area contributed by atoms with Crippen molar-refractivity contribution in [2.45, 2.75) is 115 Å². The van der Waals surface area contributed by atoms with Gasteiger partial charge in [0.1, 0.15) is 0 Å². The zero-order valence-corrected chi connectivity index (χ0v) is 23.5. The summed E-state index contributed by atoms with van der Waals surface area (Å²) in [5, 5.41) is 56.8. The SMILES string of the molecule is CC(CCC[C@@H](C)[C@H]1[C@H](O)[C@@H](O)[C@@H]2[C@]1(C)CC[C@@H]1[C@@]3(C)CC[C@@H](O)C[C@@H]3C[C@@H](O)[C@]12O)COS(=O)(=O)O. The van der Waals surface area contributed by atoms with Crippen LogP contribution >= 0.6 is 0 Å². The van der Waals surface area contributed by atoms with Crippen molar-refractivity contribution in [3.05, 3.63) is 0 Å². The maximum absolute atomic E-state index is 12.4. The molecule has 0 saturated heterocycles. The molecule has 1 unspecified atom stereocenters. The van der Waals surface area contributed by atoms with Gasteiger partial charge in [0.2, 0.25) is 0 Å². The molecule has 0 heterocycles. The minimum atomic E-state index is -4.46. The first-order valence-corrected chi connectivity index (χ1v) is 15.5. The molecule has 0 aromatic rings. The van der Waals surface area contributed by atoms with Crippen molar-refractivity contribution in [1.82, 2.24) is 0 Å². The summed E-state index contributed by atoms with van der Waals surface area (Å²) in [4.78, 5) is 0. The van der Waals surface area contributed by atoms with Crippen LogP contribution in [0.3, 0.4) is 0 Å². The molecule has 0 aliphatic heterocycles. The van der Waals surface area contributed by atoms with Crippen molar-refractivity contribution in [2.75, 3.05) is 6.61 Å². The molecule has 4 fully saturated rings. The Labute approximate surface area is 221 Å². The van der Waals surface area contributed by atoms with Gasteiger partial charge in [-0.2, -0.15) is 8.42 Å². The van der Waals surface area contributed by atoms with Gasteiger partial charge in [-0.05, 0) is 85.4 Å². The van der Waals surface area contributed by atoms with Crippen LogP contribution in [0.1, 0.15) is 85.5 Å². The van der Waals surface area contributed by atoms with Gasteiger partial charge in [-0.25, -0.2) is 4.18 Å². The fraction of sp³-hybridized carbons (Fsp3) is 1.00. The number of hydrogen-bond donors (Lipinski definition) is 6. The lowest BCUT2D eigenvalue weighted by Gasteiger charge is -2.66. The molecule has 0 amide bonds. The lowest BCUT2D eigenvalue weighted by atomic mass is 9.41. The molecule has 0 spiro atoms. The van der Waals surface area contributed by atoms with Crippen LogP contribution in [-0.2, 0) is 14.6 Å². The summed E-state index contributed by atoms with van der Waals surface area (Å²) in [5.74, 6) is -1.04. The van der Waals surface area contributed by atoms with Gasteiger partial charge in [0.25, 0.3) is 0 Å². The molecule has 37 heavy (non-hydrogen) atoms. The summed E-state index contributed by atoms with van der Waals surface area (Å²) in [5.41, 5.74) is -2.29. The van der Waals surface area contributed by atoms with Crippen molar-refractivity contribution in [1.29, 1.82) is 0 Å². The van der Waals surface area contributed by atoms with Gasteiger partial charge in [0.15, 0.2) is 0 Å². The van der Waals surface area contributed by atoms with E-state index < -0.39 is 45.6 Å². The quantitative estimate of drug-likeness (QED) is 0.250. The van der Waals surface area contributed by atoms with E-state index >= 15 is 0 Å². The molecule has 0 aromatic heterocycles. The Kier molecular flexibility index (Phi) is 8.21. The molecule has 10 heteroatoms. The number of hydrogen-bond acceptors (Lipinski definition) is 8. The molecule has 4 aliphatic rings. The highest BCUT2D eigenvalue weighted by Gasteiger charge is 2.73. The maximum atomic E-state index is 12.4. The number of aliphatic hydroxyl groups excluding tert-OH is 4. The van der Waals surface area contributed by atoms with Crippen LogP contribution < -0.4 is 0 Å². The van der Waals surface area contributed by atoms with E-state index in [1.54, 1.807) is 0 Å². The molecule has 0 bridgehead atoms. The summed E-state index contributed by atoms with van der Waals surface area (Å²) in [6.07, 6.45) is 2.54. The average molecular weight is 549 g/mol. The maximum Gasteiger partial charge on any atom is 0.397 e. The molecule has 216 valence electrons. The predicted molar refractivity (Wildman–Crippen MR) is 137 cm³/mol. The largest absolute Gasteiger partial charge is 0.397 e. The Morgan fingerprint density at radius 3 is 2.24 bits per heavy atom. The van der Waals surface area contributed by atoms with E-state index in [2.05, 4.69) is 25.0 Å². The van der Waals surface area contributed by atoms with E-state index in [4.69, 9.17) is 4.55 Å². The van der Waals surface area contributed by atoms with Crippen molar-refractivity contribution >= 4 is 10.4 Å². The molecule has 6 N–H and O–H groups in total. The summed E-state index contributed by atoms with van der Waals surface area (Å²) >= 11 is 0. The van der Waals surface area contributed by atoms with Gasteiger partial charge in [0, 0.05) is 5.92 Å². The smallest absolute Gasteiger partial charge is 0.393 e. The van der Waals surface area contributed by atoms with E-state index in [9.17, 15) is 34.0 Å². The highest BCUT2D eigenvalue weighted by atomic mass is 32.3. The van der Waals surface area contributed by atoms with Gasteiger partial charge < -0.3 is 25.5 Å². The Hall–Kier alpha value is -0.330. The predicted octanol–water partition coefficient (Wildman–Crippen LogP) is 2.30. The molecule has 0 radical (unpaired) electrons. The third-order valence-electron chi connectivity index (χ3n) is 11.4. The second kappa shape index (κ2) is 10.3. The Morgan fingerprint density at radius 1 is 0.946 bits per heavy atom. The Balaban J connectivity index is 1.51. The van der Waals surface area contributed by atoms with Crippen molar-refractivity contribution in [3.8, 4) is 0 Å². The zero-order chi connectivity index (χ0) is 27.6. The van der Waals surface area contributed by atoms with Crippen molar-refractivity contribution < 1.29 is 42.7 Å². The molecular formula is C27H48O9S. The summed E-state index contributed by atoms with van der Waals surface area (Å²) in [6, 6.07) is 0. The van der Waals surface area contributed by atoms with Gasteiger partial charge >= 0.3 is 10.4 Å². The van der Waals surface area contributed by atoms with Crippen LogP contribution in [-0.4, -0.2) is 75.1 Å². The molecule has 9 nitrogen and oxygen atoms in total. The highest BCUT2D eigenvalue weighted by Crippen LogP contribution is 2.69. The van der Waals surface area contributed by atoms with E-state index in [0.717, 1.165) is 25.7 Å². The monoisotopic (exact) mass is 548 g/mol. The molecule has 4 saturated carbocycles. The first-order chi connectivity index (χ1) is 17.1. The fourth-order valence-electron chi connectivity index (χ4n) is 9.64. The Morgan fingerprint density at radius 2 is 1.59 bits per heavy atom. The van der Waals surface area contributed by atoms with Crippen LogP contribution in [0.4, 0.5) is 0 Å². The standard InChI is InChI=1S/C27H48O9S/c1-15(14-36-37(33,34)35)6-5-7-16(2)21-22(30)23(31)24-26(21,4)11-9-19-25(3)10-8-18(28)12-17(25)13-20(29)27(19,24)32/h15-24,28-32H,5-14H2,1-4H3,(H,33,34,35)/t15?,16-,17-,18-,19-,20-,21+,22+,23-,24-,25+,26-,27-/m1/s1.